The highest BCUT2D eigenvalue weighted by molar-refractivity contribution is 5.35. The van der Waals surface area contributed by atoms with Gasteiger partial charge in [0.2, 0.25) is 0 Å². The van der Waals surface area contributed by atoms with Crippen molar-refractivity contribution in [3.8, 4) is 0 Å². The minimum Gasteiger partial charge on any atom is -0.329 e. The van der Waals surface area contributed by atoms with Crippen LogP contribution in [0.5, 0.6) is 0 Å². The molecule has 1 rings (SSSR count). The molecule has 1 aromatic rings. The fourth-order valence-electron chi connectivity index (χ4n) is 2.50. The fraction of sp³-hybridized carbons (Fsp3) is 0.625. The van der Waals surface area contributed by atoms with Crippen LogP contribution in [-0.4, -0.2) is 24.5 Å². The van der Waals surface area contributed by atoms with Gasteiger partial charge in [-0.05, 0) is 50.0 Å². The van der Waals surface area contributed by atoms with Gasteiger partial charge in [-0.1, -0.05) is 38.5 Å². The number of rotatable bonds is 7. The second-order valence-electron chi connectivity index (χ2n) is 5.02. The SMILES string of the molecule is CCCCN(CC)C(CN)c1cccc(C)c1C. The Hall–Kier alpha value is -0.860. The zero-order valence-electron chi connectivity index (χ0n) is 12.4. The van der Waals surface area contributed by atoms with Crippen molar-refractivity contribution in [2.24, 2.45) is 5.73 Å². The van der Waals surface area contributed by atoms with Crippen molar-refractivity contribution >= 4 is 0 Å². The van der Waals surface area contributed by atoms with Crippen molar-refractivity contribution in [2.75, 3.05) is 19.6 Å². The quantitative estimate of drug-likeness (QED) is 0.801. The number of hydrogen-bond donors (Lipinski definition) is 1. The Bertz CT molecular complexity index is 360. The van der Waals surface area contributed by atoms with Crippen LogP contribution >= 0.6 is 0 Å². The van der Waals surface area contributed by atoms with Gasteiger partial charge in [-0.25, -0.2) is 0 Å². The Morgan fingerprint density at radius 3 is 2.50 bits per heavy atom. The monoisotopic (exact) mass is 248 g/mol. The molecule has 0 aliphatic rings. The molecule has 18 heavy (non-hydrogen) atoms. The third-order valence-corrected chi connectivity index (χ3v) is 3.87. The Morgan fingerprint density at radius 2 is 1.94 bits per heavy atom. The molecule has 2 nitrogen and oxygen atoms in total. The predicted octanol–water partition coefficient (Wildman–Crippen LogP) is 3.43. The van der Waals surface area contributed by atoms with Crippen LogP contribution in [0.4, 0.5) is 0 Å². The molecule has 0 aliphatic heterocycles. The van der Waals surface area contributed by atoms with Crippen molar-refractivity contribution < 1.29 is 0 Å². The van der Waals surface area contributed by atoms with Crippen molar-refractivity contribution in [3.05, 3.63) is 34.9 Å². The first kappa shape index (κ1) is 15.2. The number of unbranched alkanes of at least 4 members (excludes halogenated alkanes) is 1. The fourth-order valence-corrected chi connectivity index (χ4v) is 2.50. The molecule has 0 amide bonds. The van der Waals surface area contributed by atoms with Gasteiger partial charge in [0.05, 0.1) is 0 Å². The van der Waals surface area contributed by atoms with Crippen LogP contribution < -0.4 is 5.73 Å². The van der Waals surface area contributed by atoms with Crippen molar-refractivity contribution in [3.63, 3.8) is 0 Å². The van der Waals surface area contributed by atoms with Crippen LogP contribution in [-0.2, 0) is 0 Å². The van der Waals surface area contributed by atoms with Gasteiger partial charge in [0.1, 0.15) is 0 Å². The van der Waals surface area contributed by atoms with Crippen molar-refractivity contribution in [1.82, 2.24) is 4.90 Å². The third-order valence-electron chi connectivity index (χ3n) is 3.87. The van der Waals surface area contributed by atoms with E-state index in [1.807, 2.05) is 0 Å². The standard InChI is InChI=1S/C16H28N2/c1-5-7-11-18(6-2)16(12-17)15-10-8-9-13(3)14(15)4/h8-10,16H,5-7,11-12,17H2,1-4H3. The molecule has 0 fully saturated rings. The molecule has 0 bridgehead atoms. The van der Waals surface area contributed by atoms with E-state index in [4.69, 9.17) is 5.73 Å². The number of benzene rings is 1. The van der Waals surface area contributed by atoms with E-state index in [1.165, 1.54) is 29.5 Å². The zero-order chi connectivity index (χ0) is 13.5. The summed E-state index contributed by atoms with van der Waals surface area (Å²) in [5.74, 6) is 0. The number of likely N-dealkylation sites (N-methyl/N-ethyl adjacent to an activating group) is 1. The molecule has 1 unspecified atom stereocenters. The normalized spacial score (nSPS) is 13.0. The minimum absolute atomic E-state index is 0.362. The average molecular weight is 248 g/mol. The molecule has 0 saturated heterocycles. The molecule has 1 atom stereocenters. The van der Waals surface area contributed by atoms with Gasteiger partial charge < -0.3 is 5.73 Å². The summed E-state index contributed by atoms with van der Waals surface area (Å²) in [6.45, 7) is 11.8. The van der Waals surface area contributed by atoms with Crippen LogP contribution in [0, 0.1) is 13.8 Å². The molecule has 2 heteroatoms. The van der Waals surface area contributed by atoms with E-state index < -0.39 is 0 Å². The van der Waals surface area contributed by atoms with E-state index in [2.05, 4.69) is 50.8 Å². The summed E-state index contributed by atoms with van der Waals surface area (Å²) in [4.78, 5) is 2.51. The molecule has 0 spiro atoms. The number of aryl methyl sites for hydroxylation is 1. The van der Waals surface area contributed by atoms with Gasteiger partial charge in [-0.2, -0.15) is 0 Å². The maximum absolute atomic E-state index is 6.03. The Morgan fingerprint density at radius 1 is 1.22 bits per heavy atom. The van der Waals surface area contributed by atoms with Crippen LogP contribution in [0.2, 0.25) is 0 Å². The van der Waals surface area contributed by atoms with Gasteiger partial charge in [0.15, 0.2) is 0 Å². The third kappa shape index (κ3) is 3.56. The zero-order valence-corrected chi connectivity index (χ0v) is 12.4. The number of nitrogens with two attached hydrogens (primary N) is 1. The predicted molar refractivity (Wildman–Crippen MR) is 79.9 cm³/mol. The molecule has 0 aromatic heterocycles. The van der Waals surface area contributed by atoms with Gasteiger partial charge in [-0.3, -0.25) is 4.90 Å². The van der Waals surface area contributed by atoms with E-state index >= 15 is 0 Å². The molecule has 102 valence electrons. The summed E-state index contributed by atoms with van der Waals surface area (Å²) in [5.41, 5.74) is 10.2. The maximum atomic E-state index is 6.03. The van der Waals surface area contributed by atoms with Gasteiger partial charge >= 0.3 is 0 Å². The highest BCUT2D eigenvalue weighted by Crippen LogP contribution is 2.25. The largest absolute Gasteiger partial charge is 0.329 e. The summed E-state index contributed by atoms with van der Waals surface area (Å²) in [5, 5.41) is 0. The number of hydrogen-bond acceptors (Lipinski definition) is 2. The smallest absolute Gasteiger partial charge is 0.0473 e. The summed E-state index contributed by atoms with van der Waals surface area (Å²) in [7, 11) is 0. The van der Waals surface area contributed by atoms with E-state index in [-0.39, 0.29) is 0 Å². The number of nitrogens with zero attached hydrogens (tertiary/aromatic N) is 1. The highest BCUT2D eigenvalue weighted by Gasteiger charge is 2.19. The lowest BCUT2D eigenvalue weighted by Gasteiger charge is -2.31. The molecule has 0 saturated carbocycles. The Kier molecular flexibility index (Phi) is 6.37. The topological polar surface area (TPSA) is 29.3 Å². The Labute approximate surface area is 112 Å². The first-order valence-corrected chi connectivity index (χ1v) is 7.15. The molecule has 1 aromatic carbocycles. The summed E-state index contributed by atoms with van der Waals surface area (Å²) >= 11 is 0. The maximum Gasteiger partial charge on any atom is 0.0473 e. The lowest BCUT2D eigenvalue weighted by molar-refractivity contribution is 0.208. The second-order valence-corrected chi connectivity index (χ2v) is 5.02. The minimum atomic E-state index is 0.362. The van der Waals surface area contributed by atoms with Crippen molar-refractivity contribution in [2.45, 2.75) is 46.6 Å². The first-order chi connectivity index (χ1) is 8.65. The molecule has 2 N–H and O–H groups in total. The van der Waals surface area contributed by atoms with Crippen molar-refractivity contribution in [1.29, 1.82) is 0 Å². The summed E-state index contributed by atoms with van der Waals surface area (Å²) in [6, 6.07) is 6.92. The molecule has 0 heterocycles. The summed E-state index contributed by atoms with van der Waals surface area (Å²) < 4.78 is 0. The molecular weight excluding hydrogens is 220 g/mol. The van der Waals surface area contributed by atoms with Crippen LogP contribution in [0.25, 0.3) is 0 Å². The van der Waals surface area contributed by atoms with E-state index in [0.29, 0.717) is 12.6 Å². The van der Waals surface area contributed by atoms with E-state index in [0.717, 1.165) is 13.1 Å². The van der Waals surface area contributed by atoms with Gasteiger partial charge in [-0.15, -0.1) is 0 Å². The molecule has 0 radical (unpaired) electrons. The summed E-state index contributed by atoms with van der Waals surface area (Å²) in [6.07, 6.45) is 2.48. The van der Waals surface area contributed by atoms with Crippen LogP contribution in [0.15, 0.2) is 18.2 Å². The lowest BCUT2D eigenvalue weighted by atomic mass is 9.96. The molecule has 0 aliphatic carbocycles. The Balaban J connectivity index is 2.96. The highest BCUT2D eigenvalue weighted by atomic mass is 15.2. The first-order valence-electron chi connectivity index (χ1n) is 7.15. The van der Waals surface area contributed by atoms with E-state index in [9.17, 15) is 0 Å². The average Bonchev–Trinajstić information content (AvgIpc) is 2.38. The second kappa shape index (κ2) is 7.55. The molecular formula is C16H28N2. The lowest BCUT2D eigenvalue weighted by Crippen LogP contribution is -2.35. The van der Waals surface area contributed by atoms with Gasteiger partial charge in [0.25, 0.3) is 0 Å². The van der Waals surface area contributed by atoms with Crippen LogP contribution in [0.1, 0.15) is 49.4 Å². The van der Waals surface area contributed by atoms with E-state index in [1.54, 1.807) is 0 Å². The van der Waals surface area contributed by atoms with Crippen LogP contribution in [0.3, 0.4) is 0 Å². The van der Waals surface area contributed by atoms with Gasteiger partial charge in [0, 0.05) is 12.6 Å².